The molecule has 7 heteroatoms. The number of hydrogen-bond donors (Lipinski definition) is 2. The van der Waals surface area contributed by atoms with Crippen molar-refractivity contribution < 1.29 is 14.3 Å². The smallest absolute Gasteiger partial charge is 0.227 e. The van der Waals surface area contributed by atoms with Gasteiger partial charge in [0.1, 0.15) is 5.75 Å². The van der Waals surface area contributed by atoms with Crippen molar-refractivity contribution in [2.45, 2.75) is 6.42 Å². The molecule has 1 atom stereocenters. The molecule has 0 aliphatic carbocycles. The van der Waals surface area contributed by atoms with Crippen LogP contribution in [0.2, 0.25) is 0 Å². The van der Waals surface area contributed by atoms with E-state index in [1.807, 2.05) is 24.3 Å². The maximum Gasteiger partial charge on any atom is 0.227 e. The number of nitrogens with zero attached hydrogens (tertiary/aromatic N) is 1. The van der Waals surface area contributed by atoms with Crippen molar-refractivity contribution in [3.05, 3.63) is 24.3 Å². The van der Waals surface area contributed by atoms with E-state index >= 15 is 0 Å². The first-order valence-corrected chi connectivity index (χ1v) is 7.61. The summed E-state index contributed by atoms with van der Waals surface area (Å²) in [4.78, 5) is 26.1. The van der Waals surface area contributed by atoms with Crippen LogP contribution < -0.4 is 20.3 Å². The number of hydrogen-bond acceptors (Lipinski definition) is 4. The summed E-state index contributed by atoms with van der Waals surface area (Å²) in [6.07, 6.45) is 0.257. The van der Waals surface area contributed by atoms with Crippen molar-refractivity contribution in [1.82, 2.24) is 10.6 Å². The lowest BCUT2D eigenvalue weighted by Crippen LogP contribution is -2.49. The summed E-state index contributed by atoms with van der Waals surface area (Å²) in [5.41, 5.74) is 0.730. The monoisotopic (exact) mass is 339 g/mol. The van der Waals surface area contributed by atoms with Gasteiger partial charge in [0.15, 0.2) is 0 Å². The molecule has 2 N–H and O–H groups in total. The molecule has 0 spiro atoms. The van der Waals surface area contributed by atoms with E-state index in [0.29, 0.717) is 24.8 Å². The van der Waals surface area contributed by atoms with E-state index in [1.54, 1.807) is 12.0 Å². The molecule has 6 nitrogen and oxygen atoms in total. The summed E-state index contributed by atoms with van der Waals surface area (Å²) >= 11 is 0. The molecule has 0 bridgehead atoms. The van der Waals surface area contributed by atoms with Gasteiger partial charge in [0.2, 0.25) is 11.8 Å². The Kier molecular flexibility index (Phi) is 5.85. The SMILES string of the molecule is COc1ccccc1N1CC(C(=O)NCC2CNC2)CC1=O.Cl. The van der Waals surface area contributed by atoms with Crippen molar-refractivity contribution >= 4 is 29.9 Å². The van der Waals surface area contributed by atoms with E-state index in [0.717, 1.165) is 18.8 Å². The molecule has 126 valence electrons. The second kappa shape index (κ2) is 7.66. The Morgan fingerprint density at radius 3 is 2.78 bits per heavy atom. The number of halogens is 1. The van der Waals surface area contributed by atoms with Crippen LogP contribution in [0.1, 0.15) is 6.42 Å². The molecule has 2 aliphatic rings. The van der Waals surface area contributed by atoms with E-state index in [2.05, 4.69) is 10.6 Å². The Morgan fingerprint density at radius 1 is 1.39 bits per heavy atom. The minimum atomic E-state index is -0.287. The molecule has 23 heavy (non-hydrogen) atoms. The van der Waals surface area contributed by atoms with Crippen LogP contribution in [0.5, 0.6) is 5.75 Å². The lowest BCUT2D eigenvalue weighted by Gasteiger charge is -2.27. The third-order valence-corrected chi connectivity index (χ3v) is 4.30. The molecule has 2 fully saturated rings. The molecule has 3 rings (SSSR count). The van der Waals surface area contributed by atoms with Crippen LogP contribution in [0, 0.1) is 11.8 Å². The Balaban J connectivity index is 0.00000192. The zero-order valence-electron chi connectivity index (χ0n) is 13.1. The lowest BCUT2D eigenvalue weighted by molar-refractivity contribution is -0.126. The van der Waals surface area contributed by atoms with Crippen molar-refractivity contribution in [2.24, 2.45) is 11.8 Å². The molecule has 2 amide bonds. The average Bonchev–Trinajstić information content (AvgIpc) is 2.87. The fraction of sp³-hybridized carbons (Fsp3) is 0.500. The summed E-state index contributed by atoms with van der Waals surface area (Å²) in [6, 6.07) is 7.39. The van der Waals surface area contributed by atoms with Gasteiger partial charge in [-0.05, 0) is 12.1 Å². The molecule has 1 unspecified atom stereocenters. The first-order chi connectivity index (χ1) is 10.7. The Bertz CT molecular complexity index is 577. The third kappa shape index (κ3) is 3.76. The van der Waals surface area contributed by atoms with E-state index in [1.165, 1.54) is 0 Å². The van der Waals surface area contributed by atoms with E-state index in [4.69, 9.17) is 4.74 Å². The normalized spacial score (nSPS) is 20.7. The van der Waals surface area contributed by atoms with Crippen LogP contribution >= 0.6 is 12.4 Å². The maximum absolute atomic E-state index is 12.2. The van der Waals surface area contributed by atoms with Gasteiger partial charge in [0, 0.05) is 38.5 Å². The largest absolute Gasteiger partial charge is 0.495 e. The van der Waals surface area contributed by atoms with E-state index in [-0.39, 0.29) is 36.6 Å². The lowest BCUT2D eigenvalue weighted by atomic mass is 10.0. The molecule has 0 saturated carbocycles. The van der Waals surface area contributed by atoms with Crippen molar-refractivity contribution in [2.75, 3.05) is 38.2 Å². The van der Waals surface area contributed by atoms with Gasteiger partial charge in [-0.25, -0.2) is 0 Å². The average molecular weight is 340 g/mol. The predicted molar refractivity (Wildman–Crippen MR) is 90.1 cm³/mol. The summed E-state index contributed by atoms with van der Waals surface area (Å²) in [5.74, 6) is 0.821. The highest BCUT2D eigenvalue weighted by Crippen LogP contribution is 2.32. The quantitative estimate of drug-likeness (QED) is 0.832. The first-order valence-electron chi connectivity index (χ1n) is 7.61. The zero-order chi connectivity index (χ0) is 15.5. The van der Waals surface area contributed by atoms with Gasteiger partial charge in [-0.3, -0.25) is 9.59 Å². The predicted octanol–water partition coefficient (Wildman–Crippen LogP) is 0.805. The number of para-hydroxylation sites is 2. The Morgan fingerprint density at radius 2 is 2.13 bits per heavy atom. The molecule has 1 aromatic carbocycles. The highest BCUT2D eigenvalue weighted by molar-refractivity contribution is 6.01. The standard InChI is InChI=1S/C16H21N3O3.ClH/c1-22-14-5-3-2-4-13(14)19-10-12(6-15(19)20)16(21)18-9-11-7-17-8-11;/h2-5,11-12,17H,6-10H2,1H3,(H,18,21);1H. The van der Waals surface area contributed by atoms with Gasteiger partial charge in [0.05, 0.1) is 18.7 Å². The Labute approximate surface area is 142 Å². The molecule has 2 aliphatic heterocycles. The van der Waals surface area contributed by atoms with Gasteiger partial charge in [-0.2, -0.15) is 0 Å². The molecular weight excluding hydrogens is 318 g/mol. The van der Waals surface area contributed by atoms with Gasteiger partial charge in [0.25, 0.3) is 0 Å². The fourth-order valence-electron chi connectivity index (χ4n) is 2.85. The number of methoxy groups -OCH3 is 1. The highest BCUT2D eigenvalue weighted by atomic mass is 35.5. The van der Waals surface area contributed by atoms with Crippen molar-refractivity contribution in [1.29, 1.82) is 0 Å². The van der Waals surface area contributed by atoms with Crippen LogP contribution in [-0.4, -0.2) is 45.1 Å². The molecule has 2 saturated heterocycles. The Hall–Kier alpha value is -1.79. The summed E-state index contributed by atoms with van der Waals surface area (Å²) in [6.45, 7) is 3.01. The number of benzene rings is 1. The van der Waals surface area contributed by atoms with E-state index < -0.39 is 0 Å². The van der Waals surface area contributed by atoms with Crippen LogP contribution in [0.3, 0.4) is 0 Å². The molecule has 1 aromatic rings. The third-order valence-electron chi connectivity index (χ3n) is 4.30. The number of anilines is 1. The second-order valence-corrected chi connectivity index (χ2v) is 5.85. The number of carbonyl (C=O) groups excluding carboxylic acids is 2. The van der Waals surface area contributed by atoms with Gasteiger partial charge in [-0.15, -0.1) is 12.4 Å². The zero-order valence-corrected chi connectivity index (χ0v) is 13.9. The van der Waals surface area contributed by atoms with Crippen LogP contribution in [0.15, 0.2) is 24.3 Å². The number of nitrogens with one attached hydrogen (secondary N) is 2. The fourth-order valence-corrected chi connectivity index (χ4v) is 2.85. The topological polar surface area (TPSA) is 70.7 Å². The summed E-state index contributed by atoms with van der Waals surface area (Å²) in [5, 5.41) is 6.13. The first kappa shape index (κ1) is 17.6. The van der Waals surface area contributed by atoms with Crippen LogP contribution in [0.4, 0.5) is 5.69 Å². The van der Waals surface area contributed by atoms with E-state index in [9.17, 15) is 9.59 Å². The van der Waals surface area contributed by atoms with Crippen molar-refractivity contribution in [3.8, 4) is 5.75 Å². The van der Waals surface area contributed by atoms with Crippen LogP contribution in [-0.2, 0) is 9.59 Å². The molecule has 0 aromatic heterocycles. The second-order valence-electron chi connectivity index (χ2n) is 5.85. The molecular formula is C16H22ClN3O3. The van der Waals surface area contributed by atoms with Crippen LogP contribution in [0.25, 0.3) is 0 Å². The van der Waals surface area contributed by atoms with Gasteiger partial charge in [-0.1, -0.05) is 12.1 Å². The number of carbonyl (C=O) groups is 2. The minimum absolute atomic E-state index is 0. The minimum Gasteiger partial charge on any atom is -0.495 e. The molecule has 0 radical (unpaired) electrons. The maximum atomic E-state index is 12.2. The number of amides is 2. The number of ether oxygens (including phenoxy) is 1. The summed E-state index contributed by atoms with van der Waals surface area (Å²) in [7, 11) is 1.58. The summed E-state index contributed by atoms with van der Waals surface area (Å²) < 4.78 is 5.30. The molecule has 2 heterocycles. The van der Waals surface area contributed by atoms with Crippen molar-refractivity contribution in [3.63, 3.8) is 0 Å². The van der Waals surface area contributed by atoms with Gasteiger partial charge >= 0.3 is 0 Å². The number of rotatable bonds is 5. The highest BCUT2D eigenvalue weighted by Gasteiger charge is 2.36. The van der Waals surface area contributed by atoms with Gasteiger partial charge < -0.3 is 20.3 Å².